The average molecular weight is 238 g/mol. The molecule has 0 atom stereocenters. The van der Waals surface area contributed by atoms with Gasteiger partial charge in [0, 0.05) is 0 Å². The van der Waals surface area contributed by atoms with Gasteiger partial charge in [-0.25, -0.2) is 0 Å². The van der Waals surface area contributed by atoms with Gasteiger partial charge in [-0.1, -0.05) is 0 Å². The predicted octanol–water partition coefficient (Wildman–Crippen LogP) is 2.07. The number of nitrogens with zero attached hydrogens (tertiary/aromatic N) is 1. The van der Waals surface area contributed by atoms with Crippen molar-refractivity contribution < 1.29 is 9.52 Å². The fourth-order valence-electron chi connectivity index (χ4n) is 0.919. The van der Waals surface area contributed by atoms with E-state index in [0.29, 0.717) is 10.4 Å². The Kier molecular flexibility index (Phi) is 1.53. The van der Waals surface area contributed by atoms with Crippen LogP contribution in [0.15, 0.2) is 9.09 Å². The third kappa shape index (κ3) is 1.19. The molecule has 0 aliphatic heterocycles. The molecule has 1 heterocycles. The molecule has 5 heteroatoms. The van der Waals surface area contributed by atoms with Crippen molar-refractivity contribution in [3.8, 4) is 0 Å². The molecule has 1 N–H and O–H groups in total. The van der Waals surface area contributed by atoms with Gasteiger partial charge in [-0.05, 0) is 40.4 Å². The molecular formula is C6H5BrClNO2. The summed E-state index contributed by atoms with van der Waals surface area (Å²) in [4.78, 5) is 3.85. The standard InChI is InChI=1S/C6H5BrClNO2/c7-4-3(6(10)1-2-6)9-5(8)11-4/h10H,1-2H2. The van der Waals surface area contributed by atoms with Gasteiger partial charge in [0.2, 0.25) is 0 Å². The molecule has 1 aliphatic carbocycles. The molecule has 0 radical (unpaired) electrons. The molecule has 11 heavy (non-hydrogen) atoms. The van der Waals surface area contributed by atoms with Gasteiger partial charge in [0.25, 0.3) is 5.35 Å². The average Bonchev–Trinajstić information content (AvgIpc) is 2.55. The number of rotatable bonds is 1. The minimum Gasteiger partial charge on any atom is -0.420 e. The molecule has 0 aromatic carbocycles. The van der Waals surface area contributed by atoms with E-state index in [-0.39, 0.29) is 5.35 Å². The summed E-state index contributed by atoms with van der Waals surface area (Å²) < 4.78 is 5.32. The third-order valence-corrected chi connectivity index (χ3v) is 2.42. The van der Waals surface area contributed by atoms with Crippen molar-refractivity contribution in [3.05, 3.63) is 15.7 Å². The van der Waals surface area contributed by atoms with Gasteiger partial charge < -0.3 is 9.52 Å². The minimum absolute atomic E-state index is 0.0622. The van der Waals surface area contributed by atoms with Gasteiger partial charge in [0.1, 0.15) is 11.3 Å². The molecule has 0 bridgehead atoms. The lowest BCUT2D eigenvalue weighted by atomic mass is 10.3. The fraction of sp³-hybridized carbons (Fsp3) is 0.500. The van der Waals surface area contributed by atoms with Crippen molar-refractivity contribution in [1.29, 1.82) is 0 Å². The summed E-state index contributed by atoms with van der Waals surface area (Å²) in [5.74, 6) is 0. The van der Waals surface area contributed by atoms with Gasteiger partial charge >= 0.3 is 0 Å². The molecule has 0 spiro atoms. The Labute approximate surface area is 76.5 Å². The van der Waals surface area contributed by atoms with E-state index < -0.39 is 5.60 Å². The number of oxazole rings is 1. The molecule has 60 valence electrons. The maximum absolute atomic E-state index is 9.58. The first-order valence-corrected chi connectivity index (χ1v) is 4.34. The van der Waals surface area contributed by atoms with E-state index in [1.165, 1.54) is 0 Å². The number of aromatic nitrogens is 1. The second-order valence-corrected chi connectivity index (χ2v) is 3.66. The van der Waals surface area contributed by atoms with E-state index in [1.54, 1.807) is 0 Å². The van der Waals surface area contributed by atoms with Crippen LogP contribution in [0.3, 0.4) is 0 Å². The number of aliphatic hydroxyl groups is 1. The summed E-state index contributed by atoms with van der Waals surface area (Å²) in [6.07, 6.45) is 1.46. The van der Waals surface area contributed by atoms with Gasteiger partial charge in [0.15, 0.2) is 4.67 Å². The van der Waals surface area contributed by atoms with Crippen LogP contribution in [-0.4, -0.2) is 10.1 Å². The number of halogens is 2. The second-order valence-electron chi connectivity index (χ2n) is 2.62. The lowest BCUT2D eigenvalue weighted by molar-refractivity contribution is 0.145. The Morgan fingerprint density at radius 3 is 2.64 bits per heavy atom. The van der Waals surface area contributed by atoms with E-state index in [2.05, 4.69) is 20.9 Å². The summed E-state index contributed by atoms with van der Waals surface area (Å²) in [5, 5.41) is 9.65. The number of hydrogen-bond donors (Lipinski definition) is 1. The summed E-state index contributed by atoms with van der Waals surface area (Å²) in [7, 11) is 0. The van der Waals surface area contributed by atoms with Crippen LogP contribution >= 0.6 is 27.5 Å². The van der Waals surface area contributed by atoms with Crippen LogP contribution in [0.5, 0.6) is 0 Å². The summed E-state index contributed by atoms with van der Waals surface area (Å²) in [6, 6.07) is 0. The zero-order valence-corrected chi connectivity index (χ0v) is 7.81. The van der Waals surface area contributed by atoms with Gasteiger partial charge in [-0.15, -0.1) is 0 Å². The first-order chi connectivity index (χ1) is 5.12. The maximum atomic E-state index is 9.58. The van der Waals surface area contributed by atoms with Crippen molar-refractivity contribution in [1.82, 2.24) is 4.98 Å². The van der Waals surface area contributed by atoms with E-state index in [4.69, 9.17) is 16.0 Å². The Bertz CT molecular complexity index is 295. The van der Waals surface area contributed by atoms with Crippen LogP contribution in [0.1, 0.15) is 18.5 Å². The van der Waals surface area contributed by atoms with E-state index in [9.17, 15) is 5.11 Å². The second kappa shape index (κ2) is 2.21. The highest BCUT2D eigenvalue weighted by atomic mass is 79.9. The molecule has 3 nitrogen and oxygen atoms in total. The molecule has 1 aliphatic rings. The fourth-order valence-corrected chi connectivity index (χ4v) is 1.79. The molecule has 2 rings (SSSR count). The van der Waals surface area contributed by atoms with Gasteiger partial charge in [-0.2, -0.15) is 4.98 Å². The van der Waals surface area contributed by atoms with E-state index in [1.807, 2.05) is 0 Å². The predicted molar refractivity (Wildman–Crippen MR) is 42.3 cm³/mol. The molecule has 0 saturated heterocycles. The Hall–Kier alpha value is -0.0600. The zero-order chi connectivity index (χ0) is 8.06. The SMILES string of the molecule is OC1(c2nc(Cl)oc2Br)CC1. The molecular weight excluding hydrogens is 233 g/mol. The van der Waals surface area contributed by atoms with Crippen LogP contribution in [0.25, 0.3) is 0 Å². The quantitative estimate of drug-likeness (QED) is 0.815. The van der Waals surface area contributed by atoms with Crippen molar-refractivity contribution in [2.75, 3.05) is 0 Å². The van der Waals surface area contributed by atoms with Gasteiger partial charge in [-0.3, -0.25) is 0 Å². The summed E-state index contributed by atoms with van der Waals surface area (Å²) in [6.45, 7) is 0. The van der Waals surface area contributed by atoms with Crippen molar-refractivity contribution >= 4 is 27.5 Å². The lowest BCUT2D eigenvalue weighted by Crippen LogP contribution is -2.04. The molecule has 1 aromatic rings. The topological polar surface area (TPSA) is 46.3 Å². The largest absolute Gasteiger partial charge is 0.420 e. The smallest absolute Gasteiger partial charge is 0.293 e. The Morgan fingerprint density at radius 2 is 2.27 bits per heavy atom. The van der Waals surface area contributed by atoms with E-state index >= 15 is 0 Å². The molecule has 1 fully saturated rings. The maximum Gasteiger partial charge on any atom is 0.293 e. The highest BCUT2D eigenvalue weighted by molar-refractivity contribution is 9.10. The highest BCUT2D eigenvalue weighted by Crippen LogP contribution is 2.47. The Morgan fingerprint density at radius 1 is 1.64 bits per heavy atom. The lowest BCUT2D eigenvalue weighted by Gasteiger charge is -2.00. The van der Waals surface area contributed by atoms with Gasteiger partial charge in [0.05, 0.1) is 0 Å². The van der Waals surface area contributed by atoms with Crippen LogP contribution < -0.4 is 0 Å². The van der Waals surface area contributed by atoms with Crippen molar-refractivity contribution in [2.45, 2.75) is 18.4 Å². The summed E-state index contributed by atoms with van der Waals surface area (Å²) >= 11 is 8.60. The normalized spacial score (nSPS) is 20.3. The molecule has 0 amide bonds. The minimum atomic E-state index is -0.782. The third-order valence-electron chi connectivity index (χ3n) is 1.72. The van der Waals surface area contributed by atoms with Crippen LogP contribution in [0.4, 0.5) is 0 Å². The van der Waals surface area contributed by atoms with Crippen LogP contribution in [0, 0.1) is 0 Å². The number of hydrogen-bond acceptors (Lipinski definition) is 3. The first kappa shape index (κ1) is 7.58. The molecule has 1 saturated carbocycles. The molecule has 1 aromatic heterocycles. The van der Waals surface area contributed by atoms with Crippen molar-refractivity contribution in [3.63, 3.8) is 0 Å². The van der Waals surface area contributed by atoms with Crippen LogP contribution in [-0.2, 0) is 5.60 Å². The molecule has 0 unspecified atom stereocenters. The van der Waals surface area contributed by atoms with Crippen LogP contribution in [0.2, 0.25) is 5.35 Å². The highest BCUT2D eigenvalue weighted by Gasteiger charge is 2.46. The van der Waals surface area contributed by atoms with E-state index in [0.717, 1.165) is 12.8 Å². The monoisotopic (exact) mass is 237 g/mol. The summed E-state index contributed by atoms with van der Waals surface area (Å²) in [5.41, 5.74) is -0.266. The zero-order valence-electron chi connectivity index (χ0n) is 5.47. The first-order valence-electron chi connectivity index (χ1n) is 3.16. The van der Waals surface area contributed by atoms with Crippen molar-refractivity contribution in [2.24, 2.45) is 0 Å². The Balaban J connectivity index is 2.44.